The average molecular weight is 278 g/mol. The molecule has 0 radical (unpaired) electrons. The monoisotopic (exact) mass is 278 g/mol. The molecule has 2 rings (SSSR count). The highest BCUT2D eigenvalue weighted by Crippen LogP contribution is 2.17. The molecule has 0 spiro atoms. The number of hydrogen-bond donors (Lipinski definition) is 1. The summed E-state index contributed by atoms with van der Waals surface area (Å²) in [5.74, 6) is 1.12. The predicted molar refractivity (Wildman–Crippen MR) is 77.2 cm³/mol. The van der Waals surface area contributed by atoms with Crippen molar-refractivity contribution in [1.82, 2.24) is 10.2 Å². The van der Waals surface area contributed by atoms with Crippen molar-refractivity contribution in [2.75, 3.05) is 32.8 Å². The summed E-state index contributed by atoms with van der Waals surface area (Å²) >= 11 is 0. The van der Waals surface area contributed by atoms with Crippen molar-refractivity contribution in [3.63, 3.8) is 0 Å². The number of hydrogen-bond acceptors (Lipinski definition) is 5. The summed E-state index contributed by atoms with van der Waals surface area (Å²) in [5.41, 5.74) is 0. The van der Waals surface area contributed by atoms with Crippen LogP contribution in [0.15, 0.2) is 24.3 Å². The van der Waals surface area contributed by atoms with E-state index < -0.39 is 0 Å². The second kappa shape index (κ2) is 7.26. The van der Waals surface area contributed by atoms with Gasteiger partial charge in [-0.25, -0.2) is 0 Å². The minimum atomic E-state index is -0.219. The molecule has 0 aliphatic carbocycles. The molecule has 110 valence electrons. The Bertz CT molecular complexity index is 433. The van der Waals surface area contributed by atoms with Gasteiger partial charge >= 0.3 is 5.97 Å². The van der Waals surface area contributed by atoms with Crippen molar-refractivity contribution in [2.45, 2.75) is 19.9 Å². The van der Waals surface area contributed by atoms with Crippen molar-refractivity contribution in [3.8, 4) is 11.5 Å². The van der Waals surface area contributed by atoms with Gasteiger partial charge in [0, 0.05) is 25.7 Å². The van der Waals surface area contributed by atoms with E-state index in [1.165, 1.54) is 0 Å². The zero-order valence-corrected chi connectivity index (χ0v) is 12.1. The maximum atomic E-state index is 11.9. The Kier molecular flexibility index (Phi) is 5.38. The lowest BCUT2D eigenvalue weighted by Gasteiger charge is -2.30. The summed E-state index contributed by atoms with van der Waals surface area (Å²) in [6.45, 7) is 7.67. The minimum absolute atomic E-state index is 0.219. The van der Waals surface area contributed by atoms with E-state index in [1.54, 1.807) is 24.3 Å². The third-order valence-corrected chi connectivity index (χ3v) is 3.17. The highest BCUT2D eigenvalue weighted by molar-refractivity contribution is 5.74. The lowest BCUT2D eigenvalue weighted by Crippen LogP contribution is -2.50. The molecule has 0 saturated carbocycles. The molecule has 1 saturated heterocycles. The van der Waals surface area contributed by atoms with E-state index in [0.29, 0.717) is 24.9 Å². The molecule has 1 aliphatic rings. The molecule has 5 nitrogen and oxygen atoms in total. The highest BCUT2D eigenvalue weighted by Gasteiger charge is 2.18. The molecule has 1 aliphatic heterocycles. The number of piperazine rings is 1. The molecule has 0 aromatic heterocycles. The van der Waals surface area contributed by atoms with E-state index >= 15 is 0 Å². The lowest BCUT2D eigenvalue weighted by molar-refractivity contribution is -0.135. The van der Waals surface area contributed by atoms with E-state index in [1.807, 2.05) is 6.92 Å². The second-order valence-corrected chi connectivity index (χ2v) is 4.97. The summed E-state index contributed by atoms with van der Waals surface area (Å²) in [5, 5.41) is 3.35. The van der Waals surface area contributed by atoms with Crippen molar-refractivity contribution < 1.29 is 14.3 Å². The predicted octanol–water partition coefficient (Wildman–Crippen LogP) is 1.28. The molecule has 1 aromatic rings. The van der Waals surface area contributed by atoms with Gasteiger partial charge in [0.15, 0.2) is 0 Å². The number of esters is 1. The topological polar surface area (TPSA) is 50.8 Å². The van der Waals surface area contributed by atoms with Gasteiger partial charge < -0.3 is 14.8 Å². The molecule has 1 aromatic carbocycles. The molecule has 1 atom stereocenters. The van der Waals surface area contributed by atoms with Gasteiger partial charge in [0.1, 0.15) is 11.5 Å². The van der Waals surface area contributed by atoms with Crippen LogP contribution in [0.4, 0.5) is 0 Å². The number of benzene rings is 1. The van der Waals surface area contributed by atoms with Crippen LogP contribution in [0.3, 0.4) is 0 Å². The fourth-order valence-electron chi connectivity index (χ4n) is 2.27. The van der Waals surface area contributed by atoms with Gasteiger partial charge in [0.05, 0.1) is 13.2 Å². The van der Waals surface area contributed by atoms with E-state index in [9.17, 15) is 4.79 Å². The van der Waals surface area contributed by atoms with E-state index in [-0.39, 0.29) is 5.97 Å². The summed E-state index contributed by atoms with van der Waals surface area (Å²) < 4.78 is 10.7. The average Bonchev–Trinajstić information content (AvgIpc) is 2.41. The Hall–Kier alpha value is -1.59. The van der Waals surface area contributed by atoms with Crippen LogP contribution in [0.25, 0.3) is 0 Å². The molecule has 5 heteroatoms. The minimum Gasteiger partial charge on any atom is -0.494 e. The largest absolute Gasteiger partial charge is 0.494 e. The Morgan fingerprint density at radius 2 is 2.05 bits per heavy atom. The van der Waals surface area contributed by atoms with Crippen molar-refractivity contribution >= 4 is 5.97 Å². The van der Waals surface area contributed by atoms with Crippen LogP contribution in [0.1, 0.15) is 13.8 Å². The molecular weight excluding hydrogens is 256 g/mol. The summed E-state index contributed by atoms with van der Waals surface area (Å²) in [6.07, 6.45) is 0. The van der Waals surface area contributed by atoms with Crippen LogP contribution >= 0.6 is 0 Å². The van der Waals surface area contributed by atoms with Crippen LogP contribution in [0.2, 0.25) is 0 Å². The van der Waals surface area contributed by atoms with Crippen molar-refractivity contribution in [2.24, 2.45) is 0 Å². The van der Waals surface area contributed by atoms with Crippen LogP contribution in [-0.2, 0) is 4.79 Å². The summed E-state index contributed by atoms with van der Waals surface area (Å²) in [6, 6.07) is 7.53. The first-order valence-electron chi connectivity index (χ1n) is 7.06. The van der Waals surface area contributed by atoms with Gasteiger partial charge in [0.25, 0.3) is 0 Å². The zero-order chi connectivity index (χ0) is 14.4. The van der Waals surface area contributed by atoms with Crippen LogP contribution < -0.4 is 14.8 Å². The molecule has 1 fully saturated rings. The van der Waals surface area contributed by atoms with Crippen molar-refractivity contribution in [3.05, 3.63) is 24.3 Å². The van der Waals surface area contributed by atoms with Crippen LogP contribution in [0.5, 0.6) is 11.5 Å². The van der Waals surface area contributed by atoms with Crippen molar-refractivity contribution in [1.29, 1.82) is 0 Å². The number of carbonyl (C=O) groups excluding carboxylic acids is 1. The smallest absolute Gasteiger partial charge is 0.325 e. The third kappa shape index (κ3) is 4.51. The Morgan fingerprint density at radius 3 is 2.70 bits per heavy atom. The van der Waals surface area contributed by atoms with Gasteiger partial charge in [-0.1, -0.05) is 0 Å². The lowest BCUT2D eigenvalue weighted by atomic mass is 10.2. The number of nitrogens with one attached hydrogen (secondary N) is 1. The third-order valence-electron chi connectivity index (χ3n) is 3.17. The molecule has 20 heavy (non-hydrogen) atoms. The fraction of sp³-hybridized carbons (Fsp3) is 0.533. The second-order valence-electron chi connectivity index (χ2n) is 4.97. The van der Waals surface area contributed by atoms with Gasteiger partial charge in [-0.3, -0.25) is 9.69 Å². The summed E-state index contributed by atoms with van der Waals surface area (Å²) in [4.78, 5) is 14.0. The number of carbonyl (C=O) groups is 1. The van der Waals surface area contributed by atoms with Crippen LogP contribution in [-0.4, -0.2) is 49.7 Å². The maximum Gasteiger partial charge on any atom is 0.325 e. The van der Waals surface area contributed by atoms with Gasteiger partial charge in [0.2, 0.25) is 0 Å². The highest BCUT2D eigenvalue weighted by atomic mass is 16.5. The standard InChI is InChI=1S/C15H22N2O3/c1-3-19-13-4-6-14(7-5-13)20-15(18)11-17-9-8-16-12(2)10-17/h4-7,12,16H,3,8-11H2,1-2H3/t12-/m0/s1. The first kappa shape index (κ1) is 14.8. The quantitative estimate of drug-likeness (QED) is 0.649. The van der Waals surface area contributed by atoms with E-state index in [2.05, 4.69) is 17.1 Å². The van der Waals surface area contributed by atoms with E-state index in [4.69, 9.17) is 9.47 Å². The normalized spacial score (nSPS) is 19.6. The van der Waals surface area contributed by atoms with Gasteiger partial charge in [-0.15, -0.1) is 0 Å². The SMILES string of the molecule is CCOc1ccc(OC(=O)CN2CCN[C@@H](C)C2)cc1. The zero-order valence-electron chi connectivity index (χ0n) is 12.1. The van der Waals surface area contributed by atoms with Gasteiger partial charge in [-0.05, 0) is 38.1 Å². The Labute approximate surface area is 119 Å². The van der Waals surface area contributed by atoms with Gasteiger partial charge in [-0.2, -0.15) is 0 Å². The first-order valence-corrected chi connectivity index (χ1v) is 7.06. The Balaban J connectivity index is 1.81. The maximum absolute atomic E-state index is 11.9. The molecule has 0 unspecified atom stereocenters. The summed E-state index contributed by atoms with van der Waals surface area (Å²) in [7, 11) is 0. The fourth-order valence-corrected chi connectivity index (χ4v) is 2.27. The molecule has 0 amide bonds. The number of nitrogens with zero attached hydrogens (tertiary/aromatic N) is 1. The molecule has 0 bridgehead atoms. The Morgan fingerprint density at radius 1 is 1.35 bits per heavy atom. The first-order chi connectivity index (χ1) is 9.67. The molecule has 1 heterocycles. The van der Waals surface area contributed by atoms with Crippen LogP contribution in [0, 0.1) is 0 Å². The molecular formula is C15H22N2O3. The number of ether oxygens (including phenoxy) is 2. The molecule has 1 N–H and O–H groups in total. The van der Waals surface area contributed by atoms with E-state index in [0.717, 1.165) is 25.4 Å². The number of rotatable bonds is 5.